The van der Waals surface area contributed by atoms with Gasteiger partial charge in [0.25, 0.3) is 5.91 Å². The Hall–Kier alpha value is -2.91. The van der Waals surface area contributed by atoms with Crippen molar-refractivity contribution in [1.82, 2.24) is 4.72 Å². The van der Waals surface area contributed by atoms with Crippen LogP contribution in [0.15, 0.2) is 53.4 Å². The molecule has 1 N–H and O–H groups in total. The zero-order valence-electron chi connectivity index (χ0n) is 19.3. The molecule has 178 valence electrons. The Kier molecular flexibility index (Phi) is 7.76. The monoisotopic (exact) mass is 474 g/mol. The van der Waals surface area contributed by atoms with E-state index >= 15 is 0 Å². The highest BCUT2D eigenvalue weighted by atomic mass is 32.2. The maximum absolute atomic E-state index is 13.1. The van der Waals surface area contributed by atoms with Gasteiger partial charge in [0.05, 0.1) is 12.0 Å². The fraction of sp³-hybridized carbons (Fsp3) is 0.417. The summed E-state index contributed by atoms with van der Waals surface area (Å²) >= 11 is 0. The second kappa shape index (κ2) is 10.4. The van der Waals surface area contributed by atoms with Crippen molar-refractivity contribution in [3.05, 3.63) is 54.1 Å². The van der Waals surface area contributed by atoms with E-state index in [0.717, 1.165) is 24.1 Å². The summed E-state index contributed by atoms with van der Waals surface area (Å²) in [4.78, 5) is 27.6. The fourth-order valence-corrected chi connectivity index (χ4v) is 5.06. The summed E-state index contributed by atoms with van der Waals surface area (Å²) in [5.41, 5.74) is 1.89. The van der Waals surface area contributed by atoms with Crippen molar-refractivity contribution in [1.29, 1.82) is 0 Å². The number of fused-ring (bicyclic) bond motifs is 1. The number of benzene rings is 2. The van der Waals surface area contributed by atoms with E-state index in [2.05, 4.69) is 4.72 Å². The number of nitrogens with zero attached hydrogens (tertiary/aromatic N) is 1. The van der Waals surface area contributed by atoms with Crippen LogP contribution in [0, 0.1) is 5.92 Å². The number of carbonyl (C=O) groups excluding carboxylic acids is 2. The van der Waals surface area contributed by atoms with Gasteiger partial charge in [0.1, 0.15) is 11.8 Å². The Bertz CT molecular complexity index is 1100. The van der Waals surface area contributed by atoms with Crippen LogP contribution in [-0.4, -0.2) is 46.1 Å². The summed E-state index contributed by atoms with van der Waals surface area (Å²) in [6, 6.07) is 12.3. The lowest BCUT2D eigenvalue weighted by Crippen LogP contribution is -2.48. The predicted octanol–water partition coefficient (Wildman–Crippen LogP) is 2.91. The van der Waals surface area contributed by atoms with E-state index in [9.17, 15) is 18.0 Å². The first kappa shape index (κ1) is 24.7. The third-order valence-electron chi connectivity index (χ3n) is 5.59. The molecule has 0 fully saturated rings. The van der Waals surface area contributed by atoms with Gasteiger partial charge in [0, 0.05) is 12.2 Å². The highest BCUT2D eigenvalue weighted by Crippen LogP contribution is 2.27. The van der Waals surface area contributed by atoms with E-state index in [4.69, 9.17) is 9.47 Å². The number of methoxy groups -OCH3 is 1. The maximum atomic E-state index is 13.1. The molecule has 1 amide bonds. The Morgan fingerprint density at radius 3 is 2.33 bits per heavy atom. The number of rotatable bonds is 8. The van der Waals surface area contributed by atoms with Crippen LogP contribution in [0.5, 0.6) is 5.75 Å². The van der Waals surface area contributed by atoms with E-state index in [1.165, 1.54) is 38.3 Å². The summed E-state index contributed by atoms with van der Waals surface area (Å²) in [5.74, 6) is -1.02. The van der Waals surface area contributed by atoms with Gasteiger partial charge < -0.3 is 14.4 Å². The molecule has 0 aromatic heterocycles. The van der Waals surface area contributed by atoms with Gasteiger partial charge >= 0.3 is 5.97 Å². The van der Waals surface area contributed by atoms with Gasteiger partial charge in [-0.1, -0.05) is 32.0 Å². The second-order valence-corrected chi connectivity index (χ2v) is 10.0. The quantitative estimate of drug-likeness (QED) is 0.591. The zero-order valence-corrected chi connectivity index (χ0v) is 20.1. The number of anilines is 1. The van der Waals surface area contributed by atoms with Crippen LogP contribution in [0.25, 0.3) is 0 Å². The molecule has 0 radical (unpaired) electrons. The molecule has 0 bridgehead atoms. The van der Waals surface area contributed by atoms with Crippen LogP contribution in [0.4, 0.5) is 5.69 Å². The number of amides is 1. The summed E-state index contributed by atoms with van der Waals surface area (Å²) in [5, 5.41) is 0. The molecule has 0 aliphatic carbocycles. The number of aryl methyl sites for hydroxylation is 1. The van der Waals surface area contributed by atoms with Crippen molar-refractivity contribution in [2.45, 2.75) is 50.7 Å². The van der Waals surface area contributed by atoms with Crippen LogP contribution >= 0.6 is 0 Å². The first-order valence-electron chi connectivity index (χ1n) is 10.9. The van der Waals surface area contributed by atoms with E-state index in [1.54, 1.807) is 18.7 Å². The number of ether oxygens (including phenoxy) is 2. The molecule has 1 aliphatic heterocycles. The number of hydrogen-bond acceptors (Lipinski definition) is 6. The summed E-state index contributed by atoms with van der Waals surface area (Å²) in [6.07, 6.45) is 0.645. The Morgan fingerprint density at radius 1 is 1.03 bits per heavy atom. The minimum absolute atomic E-state index is 0.00389. The van der Waals surface area contributed by atoms with E-state index < -0.39 is 34.1 Å². The molecule has 2 atom stereocenters. The first-order chi connectivity index (χ1) is 15.6. The first-order valence-corrected chi connectivity index (χ1v) is 12.4. The number of para-hydroxylation sites is 1. The molecule has 8 nitrogen and oxygen atoms in total. The van der Waals surface area contributed by atoms with Gasteiger partial charge in [0.15, 0.2) is 6.10 Å². The van der Waals surface area contributed by atoms with Crippen molar-refractivity contribution in [2.75, 3.05) is 18.6 Å². The Labute approximate surface area is 194 Å². The van der Waals surface area contributed by atoms with E-state index in [1.807, 2.05) is 24.3 Å². The van der Waals surface area contributed by atoms with Gasteiger partial charge in [-0.2, -0.15) is 4.72 Å². The number of carbonyl (C=O) groups is 2. The van der Waals surface area contributed by atoms with Gasteiger partial charge in [0.2, 0.25) is 10.0 Å². The molecule has 0 saturated heterocycles. The summed E-state index contributed by atoms with van der Waals surface area (Å²) in [6.45, 7) is 5.45. The lowest BCUT2D eigenvalue weighted by atomic mass is 10.0. The molecular weight excluding hydrogens is 444 g/mol. The van der Waals surface area contributed by atoms with Crippen molar-refractivity contribution in [3.63, 3.8) is 0 Å². The van der Waals surface area contributed by atoms with Crippen LogP contribution < -0.4 is 14.4 Å². The van der Waals surface area contributed by atoms with Gasteiger partial charge in [-0.05, 0) is 61.6 Å². The minimum atomic E-state index is -3.99. The number of nitrogens with one attached hydrogen (secondary N) is 1. The largest absolute Gasteiger partial charge is 0.497 e. The number of hydrogen-bond donors (Lipinski definition) is 1. The highest BCUT2D eigenvalue weighted by Gasteiger charge is 2.34. The van der Waals surface area contributed by atoms with Gasteiger partial charge in [-0.15, -0.1) is 0 Å². The van der Waals surface area contributed by atoms with Crippen molar-refractivity contribution >= 4 is 27.6 Å². The molecule has 33 heavy (non-hydrogen) atoms. The average molecular weight is 475 g/mol. The Balaban J connectivity index is 1.71. The molecular formula is C24H30N2O6S. The zero-order chi connectivity index (χ0) is 24.2. The standard InChI is InChI=1S/C24H30N2O6S/c1-16(2)22(25-33(29,30)20-13-11-19(31-4)12-14-20)24(28)32-17(3)23(27)26-15-7-9-18-8-5-6-10-21(18)26/h5-6,8,10-14,16-17,22,25H,7,9,15H2,1-4H3. The molecule has 2 aromatic rings. The number of esters is 1. The van der Waals surface area contributed by atoms with Crippen molar-refractivity contribution < 1.29 is 27.5 Å². The topological polar surface area (TPSA) is 102 Å². The molecule has 0 saturated carbocycles. The highest BCUT2D eigenvalue weighted by molar-refractivity contribution is 7.89. The molecule has 1 heterocycles. The summed E-state index contributed by atoms with van der Waals surface area (Å²) in [7, 11) is -2.51. The van der Waals surface area contributed by atoms with Crippen molar-refractivity contribution in [2.24, 2.45) is 5.92 Å². The second-order valence-electron chi connectivity index (χ2n) is 8.32. The normalized spacial score (nSPS) is 15.5. The summed E-state index contributed by atoms with van der Waals surface area (Å²) < 4.78 is 38.6. The molecule has 2 unspecified atom stereocenters. The number of sulfonamides is 1. The van der Waals surface area contributed by atoms with Gasteiger partial charge in [-0.25, -0.2) is 8.42 Å². The molecule has 9 heteroatoms. The smallest absolute Gasteiger partial charge is 0.325 e. The lowest BCUT2D eigenvalue weighted by molar-refractivity contribution is -0.156. The molecule has 1 aliphatic rings. The fourth-order valence-electron chi connectivity index (χ4n) is 3.73. The molecule has 3 rings (SSSR count). The lowest BCUT2D eigenvalue weighted by Gasteiger charge is -2.31. The van der Waals surface area contributed by atoms with Crippen LogP contribution in [0.1, 0.15) is 32.8 Å². The Morgan fingerprint density at radius 2 is 1.70 bits per heavy atom. The third-order valence-corrected chi connectivity index (χ3v) is 7.05. The SMILES string of the molecule is COc1ccc(S(=O)(=O)NC(C(=O)OC(C)C(=O)N2CCCc3ccccc32)C(C)C)cc1. The van der Waals surface area contributed by atoms with Crippen LogP contribution in [0.2, 0.25) is 0 Å². The van der Waals surface area contributed by atoms with E-state index in [0.29, 0.717) is 12.3 Å². The average Bonchev–Trinajstić information content (AvgIpc) is 2.81. The minimum Gasteiger partial charge on any atom is -0.497 e. The predicted molar refractivity (Wildman–Crippen MR) is 125 cm³/mol. The van der Waals surface area contributed by atoms with E-state index in [-0.39, 0.29) is 10.8 Å². The van der Waals surface area contributed by atoms with Crippen LogP contribution in [0.3, 0.4) is 0 Å². The third kappa shape index (κ3) is 5.72. The maximum Gasteiger partial charge on any atom is 0.325 e. The van der Waals surface area contributed by atoms with Gasteiger partial charge in [-0.3, -0.25) is 9.59 Å². The van der Waals surface area contributed by atoms with Crippen LogP contribution in [-0.2, 0) is 30.8 Å². The van der Waals surface area contributed by atoms with Crippen molar-refractivity contribution in [3.8, 4) is 5.75 Å². The molecule has 2 aromatic carbocycles. The molecule has 0 spiro atoms.